The average Bonchev–Trinajstić information content (AvgIpc) is 3.51. The van der Waals surface area contributed by atoms with Crippen LogP contribution < -0.4 is 10.6 Å². The standard InChI is InChI=1S/C35H40N6O5/c1-22(2)30(40-33-37-17-14-29(39-33)27-9-8-16-36-20-27)19-23(3)38-31(42)26-12-10-25(11-13-26)28-15-18-41(21-28)34(44)46-24(4)45-32(43)35(5,6)7/h8-14,16-17,19-20,24,28H,1,3,15,18,21H2,2,4-7H3,(H,38,42)(H,37,39,40)/b30-19+. The molecular weight excluding hydrogens is 584 g/mol. The van der Waals surface area contributed by atoms with Gasteiger partial charge in [0.15, 0.2) is 0 Å². The van der Waals surface area contributed by atoms with Crippen LogP contribution in [-0.4, -0.2) is 57.2 Å². The Hall–Kier alpha value is -5.32. The van der Waals surface area contributed by atoms with Crippen LogP contribution in [0.2, 0.25) is 0 Å². The minimum atomic E-state index is -0.986. The molecule has 11 heteroatoms. The van der Waals surface area contributed by atoms with Gasteiger partial charge in [-0.25, -0.2) is 14.8 Å². The first-order chi connectivity index (χ1) is 21.8. The predicted molar refractivity (Wildman–Crippen MR) is 175 cm³/mol. The number of nitrogens with zero attached hydrogens (tertiary/aromatic N) is 4. The van der Waals surface area contributed by atoms with E-state index in [9.17, 15) is 14.4 Å². The minimum Gasteiger partial charge on any atom is -0.425 e. The zero-order chi connectivity index (χ0) is 33.4. The zero-order valence-electron chi connectivity index (χ0n) is 26.9. The molecule has 1 fully saturated rings. The number of rotatable bonds is 10. The summed E-state index contributed by atoms with van der Waals surface area (Å²) < 4.78 is 10.6. The van der Waals surface area contributed by atoms with Gasteiger partial charge in [0, 0.05) is 67.0 Å². The highest BCUT2D eigenvalue weighted by Gasteiger charge is 2.31. The lowest BCUT2D eigenvalue weighted by Crippen LogP contribution is -2.35. The molecule has 2 aromatic heterocycles. The van der Waals surface area contributed by atoms with Gasteiger partial charge in [-0.1, -0.05) is 25.3 Å². The Morgan fingerprint density at radius 1 is 1.07 bits per heavy atom. The van der Waals surface area contributed by atoms with Crippen LogP contribution in [0.1, 0.15) is 62.9 Å². The first kappa shape index (κ1) is 33.6. The maximum absolute atomic E-state index is 13.0. The van der Waals surface area contributed by atoms with Gasteiger partial charge in [-0.3, -0.25) is 14.6 Å². The molecule has 3 aromatic rings. The smallest absolute Gasteiger partial charge is 0.412 e. The van der Waals surface area contributed by atoms with Crippen LogP contribution in [0.5, 0.6) is 0 Å². The summed E-state index contributed by atoms with van der Waals surface area (Å²) in [5.41, 5.74) is 3.98. The van der Waals surface area contributed by atoms with Crippen LogP contribution in [0.3, 0.4) is 0 Å². The second-order valence-electron chi connectivity index (χ2n) is 12.1. The van der Waals surface area contributed by atoms with Gasteiger partial charge in [-0.15, -0.1) is 0 Å². The Balaban J connectivity index is 1.31. The molecule has 3 heterocycles. The van der Waals surface area contributed by atoms with Crippen LogP contribution in [0, 0.1) is 5.41 Å². The third-order valence-corrected chi connectivity index (χ3v) is 7.15. The van der Waals surface area contributed by atoms with Crippen LogP contribution in [0.15, 0.2) is 97.3 Å². The fraction of sp³-hybridized carbons (Fsp3) is 0.314. The summed E-state index contributed by atoms with van der Waals surface area (Å²) in [6.07, 6.45) is 5.96. The molecule has 0 aliphatic carbocycles. The number of benzene rings is 1. The van der Waals surface area contributed by atoms with E-state index in [1.165, 1.54) is 6.92 Å². The second kappa shape index (κ2) is 14.6. The first-order valence-electron chi connectivity index (χ1n) is 14.9. The van der Waals surface area contributed by atoms with Gasteiger partial charge in [0.2, 0.25) is 12.2 Å². The molecule has 1 saturated heterocycles. The number of esters is 1. The Morgan fingerprint density at radius 2 is 1.80 bits per heavy atom. The van der Waals surface area contributed by atoms with E-state index in [0.717, 1.165) is 17.5 Å². The molecule has 0 saturated carbocycles. The van der Waals surface area contributed by atoms with E-state index in [0.29, 0.717) is 47.3 Å². The van der Waals surface area contributed by atoms with Crippen molar-refractivity contribution in [3.05, 3.63) is 108 Å². The summed E-state index contributed by atoms with van der Waals surface area (Å²) in [7, 11) is 0. The number of hydrogen-bond donors (Lipinski definition) is 2. The third kappa shape index (κ3) is 9.10. The molecule has 11 nitrogen and oxygen atoms in total. The van der Waals surface area contributed by atoms with Crippen molar-refractivity contribution < 1.29 is 23.9 Å². The van der Waals surface area contributed by atoms with E-state index in [1.807, 2.05) is 31.2 Å². The van der Waals surface area contributed by atoms with Crippen LogP contribution in [0.4, 0.5) is 10.7 Å². The summed E-state index contributed by atoms with van der Waals surface area (Å²) >= 11 is 0. The Morgan fingerprint density at radius 3 is 2.46 bits per heavy atom. The van der Waals surface area contributed by atoms with Gasteiger partial charge in [0.1, 0.15) is 0 Å². The lowest BCUT2D eigenvalue weighted by Gasteiger charge is -2.23. The van der Waals surface area contributed by atoms with Gasteiger partial charge >= 0.3 is 12.1 Å². The van der Waals surface area contributed by atoms with Crippen molar-refractivity contribution in [2.45, 2.75) is 53.2 Å². The van der Waals surface area contributed by atoms with Crippen molar-refractivity contribution in [1.29, 1.82) is 0 Å². The minimum absolute atomic E-state index is 0.0815. The lowest BCUT2D eigenvalue weighted by molar-refractivity contribution is -0.175. The van der Waals surface area contributed by atoms with Gasteiger partial charge in [-0.2, -0.15) is 0 Å². The number of anilines is 1. The molecule has 2 amide bonds. The molecule has 1 aliphatic heterocycles. The Kier molecular flexibility index (Phi) is 10.7. The number of allylic oxidation sites excluding steroid dienone is 2. The number of carbonyl (C=O) groups excluding carboxylic acids is 3. The monoisotopic (exact) mass is 624 g/mol. The number of carbonyl (C=O) groups is 3. The van der Waals surface area contributed by atoms with Crippen molar-refractivity contribution in [2.75, 3.05) is 18.4 Å². The van der Waals surface area contributed by atoms with E-state index in [2.05, 4.69) is 38.7 Å². The number of pyridine rings is 1. The number of nitrogens with one attached hydrogen (secondary N) is 2. The molecule has 2 N–H and O–H groups in total. The van der Waals surface area contributed by atoms with Crippen molar-refractivity contribution in [2.24, 2.45) is 5.41 Å². The number of ether oxygens (including phenoxy) is 2. The Labute approximate surface area is 269 Å². The molecule has 0 spiro atoms. The molecule has 240 valence electrons. The van der Waals surface area contributed by atoms with Gasteiger partial charge < -0.3 is 25.0 Å². The van der Waals surface area contributed by atoms with Crippen LogP contribution in [-0.2, 0) is 14.3 Å². The highest BCUT2D eigenvalue weighted by molar-refractivity contribution is 5.95. The summed E-state index contributed by atoms with van der Waals surface area (Å²) in [6, 6.07) is 12.8. The van der Waals surface area contributed by atoms with Crippen molar-refractivity contribution in [3.63, 3.8) is 0 Å². The molecule has 2 unspecified atom stereocenters. The summed E-state index contributed by atoms with van der Waals surface area (Å²) in [5, 5.41) is 5.97. The van der Waals surface area contributed by atoms with E-state index in [1.54, 1.807) is 68.5 Å². The molecule has 2 atom stereocenters. The normalized spacial score (nSPS) is 15.5. The molecule has 1 aromatic carbocycles. The zero-order valence-corrected chi connectivity index (χ0v) is 26.9. The largest absolute Gasteiger partial charge is 0.425 e. The quantitative estimate of drug-likeness (QED) is 0.153. The molecule has 4 rings (SSSR count). The fourth-order valence-corrected chi connectivity index (χ4v) is 4.58. The molecule has 0 bridgehead atoms. The SMILES string of the molecule is C=C(/C=C(/Nc1nccc(-c2cccnc2)n1)C(=C)C)NC(=O)c1ccc(C2CCN(C(=O)OC(C)OC(=O)C(C)(C)C)C2)cc1. The predicted octanol–water partition coefficient (Wildman–Crippen LogP) is 6.22. The number of amides is 2. The van der Waals surface area contributed by atoms with Gasteiger partial charge in [0.25, 0.3) is 5.91 Å². The highest BCUT2D eigenvalue weighted by Crippen LogP contribution is 2.28. The molecule has 46 heavy (non-hydrogen) atoms. The van der Waals surface area contributed by atoms with Gasteiger partial charge in [0.05, 0.1) is 11.1 Å². The van der Waals surface area contributed by atoms with E-state index >= 15 is 0 Å². The second-order valence-corrected chi connectivity index (χ2v) is 12.1. The average molecular weight is 625 g/mol. The fourth-order valence-electron chi connectivity index (χ4n) is 4.58. The van der Waals surface area contributed by atoms with Crippen molar-refractivity contribution in [3.8, 4) is 11.3 Å². The molecule has 1 aliphatic rings. The maximum atomic E-state index is 13.0. The summed E-state index contributed by atoms with van der Waals surface area (Å²) in [4.78, 5) is 52.3. The van der Waals surface area contributed by atoms with Crippen molar-refractivity contribution in [1.82, 2.24) is 25.2 Å². The van der Waals surface area contributed by atoms with Crippen LogP contribution in [0.25, 0.3) is 11.3 Å². The molecular formula is C35H40N6O5. The van der Waals surface area contributed by atoms with Crippen molar-refractivity contribution >= 4 is 23.9 Å². The highest BCUT2D eigenvalue weighted by atomic mass is 16.7. The van der Waals surface area contributed by atoms with E-state index in [4.69, 9.17) is 9.47 Å². The van der Waals surface area contributed by atoms with Gasteiger partial charge in [-0.05, 0) is 81.7 Å². The lowest BCUT2D eigenvalue weighted by atomic mass is 9.97. The summed E-state index contributed by atoms with van der Waals surface area (Å²) in [5.74, 6) is -0.319. The first-order valence-corrected chi connectivity index (χ1v) is 14.9. The number of hydrogen-bond acceptors (Lipinski definition) is 9. The van der Waals surface area contributed by atoms with Crippen LogP contribution >= 0.6 is 0 Å². The Bertz CT molecular complexity index is 1630. The van der Waals surface area contributed by atoms with E-state index < -0.39 is 23.8 Å². The maximum Gasteiger partial charge on any atom is 0.412 e. The summed E-state index contributed by atoms with van der Waals surface area (Å²) in [6.45, 7) is 17.5. The number of aromatic nitrogens is 3. The van der Waals surface area contributed by atoms with E-state index in [-0.39, 0.29) is 11.8 Å². The number of likely N-dealkylation sites (tertiary alicyclic amines) is 1. The molecule has 0 radical (unpaired) electrons. The third-order valence-electron chi connectivity index (χ3n) is 7.15. The topological polar surface area (TPSA) is 136 Å².